The van der Waals surface area contributed by atoms with Crippen LogP contribution >= 0.6 is 0 Å². The number of nitriles is 1. The van der Waals surface area contributed by atoms with Crippen molar-refractivity contribution >= 4 is 20.0 Å². The molecule has 172 valence electrons. The van der Waals surface area contributed by atoms with E-state index in [1.54, 1.807) is 24.3 Å². The largest absolute Gasteiger partial charge is 0.412 e. The highest BCUT2D eigenvalue weighted by atomic mass is 28.4. The molecule has 1 unspecified atom stereocenters. The van der Waals surface area contributed by atoms with Crippen molar-refractivity contribution in [2.45, 2.75) is 69.3 Å². The fourth-order valence-electron chi connectivity index (χ4n) is 4.91. The molecule has 6 heteroatoms. The summed E-state index contributed by atoms with van der Waals surface area (Å²) in [6, 6.07) is 18.1. The van der Waals surface area contributed by atoms with E-state index < -0.39 is 13.7 Å². The maximum absolute atomic E-state index is 14.0. The van der Waals surface area contributed by atoms with Crippen molar-refractivity contribution in [3.8, 4) is 6.07 Å². The second-order valence-electron chi connectivity index (χ2n) is 10.8. The van der Waals surface area contributed by atoms with Gasteiger partial charge in [-0.1, -0.05) is 63.2 Å². The van der Waals surface area contributed by atoms with E-state index >= 15 is 0 Å². The second-order valence-corrected chi connectivity index (χ2v) is 15.6. The SMILES string of the molecule is CC(C)(C)[Si](C)(C)O[C@H]1C[C@@H]2CC(C(=O)c3ccc(C#N)cc3)(c3ccccc3)C(=O)N2C1. The summed E-state index contributed by atoms with van der Waals surface area (Å²) >= 11 is 0. The quantitative estimate of drug-likeness (QED) is 0.355. The number of hydrogen-bond donors (Lipinski definition) is 0. The van der Waals surface area contributed by atoms with Gasteiger partial charge in [-0.2, -0.15) is 5.26 Å². The zero-order valence-electron chi connectivity index (χ0n) is 20.1. The van der Waals surface area contributed by atoms with Crippen molar-refractivity contribution in [2.24, 2.45) is 0 Å². The summed E-state index contributed by atoms with van der Waals surface area (Å²) in [6.45, 7) is 11.7. The zero-order chi connectivity index (χ0) is 24.0. The monoisotopic (exact) mass is 460 g/mol. The van der Waals surface area contributed by atoms with Gasteiger partial charge in [-0.15, -0.1) is 0 Å². The molecule has 2 aliphatic rings. The molecule has 0 bridgehead atoms. The van der Waals surface area contributed by atoms with Gasteiger partial charge in [0.05, 0.1) is 17.7 Å². The van der Waals surface area contributed by atoms with Crippen LogP contribution in [-0.4, -0.2) is 43.6 Å². The predicted octanol–water partition coefficient (Wildman–Crippen LogP) is 5.07. The highest BCUT2D eigenvalue weighted by molar-refractivity contribution is 6.74. The maximum Gasteiger partial charge on any atom is 0.241 e. The molecule has 0 radical (unpaired) electrons. The molecule has 2 heterocycles. The van der Waals surface area contributed by atoms with Gasteiger partial charge in [0.2, 0.25) is 5.91 Å². The van der Waals surface area contributed by atoms with Crippen LogP contribution in [0.2, 0.25) is 18.1 Å². The fourth-order valence-corrected chi connectivity index (χ4v) is 6.27. The van der Waals surface area contributed by atoms with Crippen molar-refractivity contribution < 1.29 is 14.0 Å². The standard InChI is InChI=1S/C27H32N2O3Si/c1-26(2,3)33(4,5)32-23-15-22-16-27(25(31)29(22)18-23,21-9-7-6-8-10-21)24(30)20-13-11-19(17-28)12-14-20/h6-14,22-23H,15-16,18H2,1-5H3/t22-,23+,27?/m1/s1. The number of benzene rings is 2. The van der Waals surface area contributed by atoms with Crippen LogP contribution in [0.1, 0.15) is 55.1 Å². The number of fused-ring (bicyclic) bond motifs is 1. The lowest BCUT2D eigenvalue weighted by molar-refractivity contribution is -0.131. The van der Waals surface area contributed by atoms with Crippen LogP contribution in [0.4, 0.5) is 0 Å². The Morgan fingerprint density at radius 1 is 1.12 bits per heavy atom. The first-order valence-corrected chi connectivity index (χ1v) is 14.5. The number of amides is 1. The van der Waals surface area contributed by atoms with Gasteiger partial charge in [0.25, 0.3) is 0 Å². The Morgan fingerprint density at radius 2 is 1.76 bits per heavy atom. The van der Waals surface area contributed by atoms with Crippen LogP contribution in [-0.2, 0) is 14.6 Å². The third kappa shape index (κ3) is 3.94. The zero-order valence-corrected chi connectivity index (χ0v) is 21.1. The normalized spacial score (nSPS) is 25.1. The third-order valence-corrected chi connectivity index (χ3v) is 12.3. The minimum Gasteiger partial charge on any atom is -0.412 e. The van der Waals surface area contributed by atoms with Crippen molar-refractivity contribution in [1.29, 1.82) is 5.26 Å². The molecule has 0 N–H and O–H groups in total. The minimum absolute atomic E-state index is 0.0126. The van der Waals surface area contributed by atoms with E-state index in [0.29, 0.717) is 24.1 Å². The van der Waals surface area contributed by atoms with E-state index in [-0.39, 0.29) is 28.9 Å². The van der Waals surface area contributed by atoms with Crippen LogP contribution in [0.5, 0.6) is 0 Å². The van der Waals surface area contributed by atoms with Crippen LogP contribution in [0, 0.1) is 11.3 Å². The molecule has 33 heavy (non-hydrogen) atoms. The number of Topliss-reactive ketones (excluding diaryl/α,β-unsaturated/α-hetero) is 1. The highest BCUT2D eigenvalue weighted by Gasteiger charge is 2.60. The summed E-state index contributed by atoms with van der Waals surface area (Å²) in [5, 5.41) is 9.21. The number of carbonyl (C=O) groups excluding carboxylic acids is 2. The number of hydrogen-bond acceptors (Lipinski definition) is 4. The predicted molar refractivity (Wildman–Crippen MR) is 130 cm³/mol. The molecule has 2 aromatic rings. The third-order valence-electron chi connectivity index (χ3n) is 7.74. The molecule has 2 fully saturated rings. The molecule has 2 saturated heterocycles. The molecule has 0 spiro atoms. The van der Waals surface area contributed by atoms with Crippen LogP contribution in [0.25, 0.3) is 0 Å². The van der Waals surface area contributed by atoms with Gasteiger partial charge in [0.1, 0.15) is 5.41 Å². The molecule has 2 aromatic carbocycles. The van der Waals surface area contributed by atoms with Gasteiger partial charge in [-0.25, -0.2) is 0 Å². The van der Waals surface area contributed by atoms with Crippen LogP contribution in [0.15, 0.2) is 54.6 Å². The van der Waals surface area contributed by atoms with E-state index in [2.05, 4.69) is 39.9 Å². The summed E-state index contributed by atoms with van der Waals surface area (Å²) in [4.78, 5) is 29.7. The fraction of sp³-hybridized carbons (Fsp3) is 0.444. The summed E-state index contributed by atoms with van der Waals surface area (Å²) in [6.07, 6.45) is 1.22. The average Bonchev–Trinajstić information content (AvgIpc) is 3.29. The lowest BCUT2D eigenvalue weighted by atomic mass is 9.71. The topological polar surface area (TPSA) is 70.4 Å². The van der Waals surface area contributed by atoms with Gasteiger partial charge < -0.3 is 9.33 Å². The Balaban J connectivity index is 1.65. The molecule has 3 atom stereocenters. The van der Waals surface area contributed by atoms with E-state index in [1.807, 2.05) is 35.2 Å². The Bertz CT molecular complexity index is 1100. The van der Waals surface area contributed by atoms with E-state index in [4.69, 9.17) is 9.69 Å². The Hall–Kier alpha value is -2.75. The lowest BCUT2D eigenvalue weighted by Crippen LogP contribution is -2.47. The Labute approximate surface area is 197 Å². The van der Waals surface area contributed by atoms with Gasteiger partial charge in [-0.05, 0) is 48.7 Å². The van der Waals surface area contributed by atoms with Crippen LogP contribution in [0.3, 0.4) is 0 Å². The second kappa shape index (κ2) is 8.23. The Morgan fingerprint density at radius 3 is 2.30 bits per heavy atom. The smallest absolute Gasteiger partial charge is 0.241 e. The maximum atomic E-state index is 14.0. The molecule has 0 aliphatic carbocycles. The van der Waals surface area contributed by atoms with Crippen molar-refractivity contribution in [3.63, 3.8) is 0 Å². The first-order valence-electron chi connectivity index (χ1n) is 11.6. The molecule has 1 amide bonds. The van der Waals surface area contributed by atoms with Gasteiger partial charge in [0, 0.05) is 18.2 Å². The van der Waals surface area contributed by atoms with E-state index in [0.717, 1.165) is 12.0 Å². The Kier molecular flexibility index (Phi) is 5.84. The number of nitrogens with zero attached hydrogens (tertiary/aromatic N) is 2. The van der Waals surface area contributed by atoms with Crippen LogP contribution < -0.4 is 0 Å². The van der Waals surface area contributed by atoms with Crippen molar-refractivity contribution in [3.05, 3.63) is 71.3 Å². The molecular formula is C27H32N2O3Si. The van der Waals surface area contributed by atoms with Crippen molar-refractivity contribution in [1.82, 2.24) is 4.90 Å². The molecular weight excluding hydrogens is 428 g/mol. The van der Waals surface area contributed by atoms with E-state index in [9.17, 15) is 9.59 Å². The first kappa shape index (κ1) is 23.4. The lowest BCUT2D eigenvalue weighted by Gasteiger charge is -2.38. The molecule has 2 aliphatic heterocycles. The van der Waals surface area contributed by atoms with Gasteiger partial charge in [-0.3, -0.25) is 9.59 Å². The molecule has 4 rings (SSSR count). The summed E-state index contributed by atoms with van der Waals surface area (Å²) in [7, 11) is -1.95. The summed E-state index contributed by atoms with van der Waals surface area (Å²) in [5.74, 6) is -0.325. The number of ketones is 1. The number of carbonyl (C=O) groups is 2. The molecule has 0 saturated carbocycles. The minimum atomic E-state index is -1.95. The van der Waals surface area contributed by atoms with E-state index in [1.165, 1.54) is 0 Å². The first-order chi connectivity index (χ1) is 15.5. The van der Waals surface area contributed by atoms with Gasteiger partial charge in [0.15, 0.2) is 14.1 Å². The van der Waals surface area contributed by atoms with Gasteiger partial charge >= 0.3 is 0 Å². The van der Waals surface area contributed by atoms with Crippen molar-refractivity contribution in [2.75, 3.05) is 6.54 Å². The number of rotatable bonds is 5. The average molecular weight is 461 g/mol. The summed E-state index contributed by atoms with van der Waals surface area (Å²) in [5.41, 5.74) is 0.452. The molecule has 0 aromatic heterocycles. The summed E-state index contributed by atoms with van der Waals surface area (Å²) < 4.78 is 6.62. The molecule has 5 nitrogen and oxygen atoms in total. The highest BCUT2D eigenvalue weighted by Crippen LogP contribution is 2.47.